The first kappa shape index (κ1) is 13.4. The van der Waals surface area contributed by atoms with Crippen molar-refractivity contribution in [2.75, 3.05) is 13.1 Å². The van der Waals surface area contributed by atoms with Crippen molar-refractivity contribution < 1.29 is 18.3 Å². The minimum Gasteiger partial charge on any atom is -0.477 e. The summed E-state index contributed by atoms with van der Waals surface area (Å²) in [6.07, 6.45) is 7.73. The predicted octanol–water partition coefficient (Wildman–Crippen LogP) is 1.47. The molecule has 0 aromatic carbocycles. The molecule has 0 radical (unpaired) electrons. The van der Waals surface area contributed by atoms with Gasteiger partial charge in [0.1, 0.15) is 10.6 Å². The van der Waals surface area contributed by atoms with E-state index < -0.39 is 16.0 Å². The van der Waals surface area contributed by atoms with Gasteiger partial charge in [0, 0.05) is 25.3 Å². The molecule has 20 heavy (non-hydrogen) atoms. The first-order valence-electron chi connectivity index (χ1n) is 6.60. The average Bonchev–Trinajstić information content (AvgIpc) is 3.17. The van der Waals surface area contributed by atoms with Crippen molar-refractivity contribution in [2.45, 2.75) is 30.2 Å². The van der Waals surface area contributed by atoms with E-state index in [1.54, 1.807) is 4.57 Å². The summed E-state index contributed by atoms with van der Waals surface area (Å²) in [7, 11) is -3.61. The Bertz CT molecular complexity index is 671. The molecule has 0 saturated heterocycles. The molecule has 7 heteroatoms. The minimum absolute atomic E-state index is 0.0543. The predicted molar refractivity (Wildman–Crippen MR) is 72.2 cm³/mol. The molecule has 2 aliphatic rings. The zero-order chi connectivity index (χ0) is 14.3. The molecule has 1 aromatic heterocycles. The molecule has 1 aliphatic carbocycles. The lowest BCUT2D eigenvalue weighted by molar-refractivity contribution is 0.0685. The number of hydrogen-bond acceptors (Lipinski definition) is 3. The molecular formula is C13H16N2O4S. The van der Waals surface area contributed by atoms with Crippen molar-refractivity contribution >= 4 is 16.0 Å². The van der Waals surface area contributed by atoms with Gasteiger partial charge in [-0.15, -0.1) is 0 Å². The van der Waals surface area contributed by atoms with Crippen LogP contribution in [0.15, 0.2) is 29.3 Å². The topological polar surface area (TPSA) is 79.6 Å². The number of carbonyl (C=O) groups is 1. The third-order valence-corrected chi connectivity index (χ3v) is 5.47. The number of sulfonamides is 1. The fraction of sp³-hybridized carbons (Fsp3) is 0.462. The molecule has 0 bridgehead atoms. The van der Waals surface area contributed by atoms with Crippen LogP contribution in [0.4, 0.5) is 0 Å². The monoisotopic (exact) mass is 296 g/mol. The van der Waals surface area contributed by atoms with Gasteiger partial charge in [0.2, 0.25) is 10.0 Å². The Morgan fingerprint density at radius 3 is 2.60 bits per heavy atom. The molecule has 108 valence electrons. The summed E-state index contributed by atoms with van der Waals surface area (Å²) in [5.41, 5.74) is 0.0543. The Labute approximate surface area is 117 Å². The first-order valence-corrected chi connectivity index (χ1v) is 8.04. The van der Waals surface area contributed by atoms with Crippen molar-refractivity contribution in [1.29, 1.82) is 0 Å². The van der Waals surface area contributed by atoms with E-state index >= 15 is 0 Å². The van der Waals surface area contributed by atoms with Gasteiger partial charge in [-0.25, -0.2) is 13.2 Å². The second-order valence-electron chi connectivity index (χ2n) is 5.13. The molecule has 0 unspecified atom stereocenters. The molecule has 0 spiro atoms. The van der Waals surface area contributed by atoms with E-state index in [1.165, 1.54) is 16.6 Å². The van der Waals surface area contributed by atoms with Crippen LogP contribution in [0.1, 0.15) is 35.8 Å². The highest BCUT2D eigenvalue weighted by molar-refractivity contribution is 7.89. The lowest BCUT2D eigenvalue weighted by atomic mass is 10.3. The van der Waals surface area contributed by atoms with E-state index in [1.807, 2.05) is 12.2 Å². The number of hydrogen-bond donors (Lipinski definition) is 1. The second kappa shape index (κ2) is 4.75. The van der Waals surface area contributed by atoms with E-state index in [-0.39, 0.29) is 16.6 Å². The smallest absolute Gasteiger partial charge is 0.352 e. The molecular weight excluding hydrogens is 280 g/mol. The molecule has 1 saturated carbocycles. The lowest BCUT2D eigenvalue weighted by Crippen LogP contribution is -2.33. The third-order valence-electron chi connectivity index (χ3n) is 3.64. The zero-order valence-electron chi connectivity index (χ0n) is 10.9. The molecule has 3 rings (SSSR count). The summed E-state index contributed by atoms with van der Waals surface area (Å²) >= 11 is 0. The van der Waals surface area contributed by atoms with E-state index in [2.05, 4.69) is 0 Å². The van der Waals surface area contributed by atoms with Gasteiger partial charge >= 0.3 is 5.97 Å². The van der Waals surface area contributed by atoms with Crippen LogP contribution < -0.4 is 0 Å². The normalized spacial score (nSPS) is 20.2. The van der Waals surface area contributed by atoms with E-state index in [0.29, 0.717) is 19.5 Å². The standard InChI is InChI=1S/C13H16N2O4S/c16-13(17)12-8-11(9-15(12)10-4-5-10)20(18,19)14-6-2-1-3-7-14/h1-2,8-10H,3-7H2,(H,16,17). The van der Waals surface area contributed by atoms with Gasteiger partial charge in [-0.05, 0) is 25.3 Å². The summed E-state index contributed by atoms with van der Waals surface area (Å²) in [5.74, 6) is -1.09. The van der Waals surface area contributed by atoms with Crippen molar-refractivity contribution in [1.82, 2.24) is 8.87 Å². The summed E-state index contributed by atoms with van der Waals surface area (Å²) in [5, 5.41) is 9.19. The summed E-state index contributed by atoms with van der Waals surface area (Å²) in [6, 6.07) is 1.40. The number of aromatic carboxylic acids is 1. The average molecular weight is 296 g/mol. The van der Waals surface area contributed by atoms with Crippen LogP contribution in [0, 0.1) is 0 Å². The van der Waals surface area contributed by atoms with Gasteiger partial charge in [0.25, 0.3) is 0 Å². The van der Waals surface area contributed by atoms with Crippen LogP contribution in [0.25, 0.3) is 0 Å². The van der Waals surface area contributed by atoms with Crippen molar-refractivity contribution in [3.63, 3.8) is 0 Å². The van der Waals surface area contributed by atoms with Crippen LogP contribution >= 0.6 is 0 Å². The SMILES string of the molecule is O=C(O)c1cc(S(=O)(=O)N2CC=CCC2)cn1C1CC1. The molecule has 0 amide bonds. The summed E-state index contributed by atoms with van der Waals surface area (Å²) in [6.45, 7) is 0.787. The highest BCUT2D eigenvalue weighted by atomic mass is 32.2. The number of rotatable bonds is 4. The zero-order valence-corrected chi connectivity index (χ0v) is 11.7. The number of aromatic nitrogens is 1. The summed E-state index contributed by atoms with van der Waals surface area (Å²) in [4.78, 5) is 11.3. The molecule has 6 nitrogen and oxygen atoms in total. The Hall–Kier alpha value is -1.60. The molecule has 1 aliphatic heterocycles. The lowest BCUT2D eigenvalue weighted by Gasteiger charge is -2.21. The highest BCUT2D eigenvalue weighted by Crippen LogP contribution is 2.37. The maximum atomic E-state index is 12.5. The van der Waals surface area contributed by atoms with Crippen LogP contribution in [-0.2, 0) is 10.0 Å². The van der Waals surface area contributed by atoms with Crippen LogP contribution in [0.3, 0.4) is 0 Å². The minimum atomic E-state index is -3.61. The van der Waals surface area contributed by atoms with Crippen LogP contribution in [0.2, 0.25) is 0 Å². The van der Waals surface area contributed by atoms with Crippen molar-refractivity contribution in [3.8, 4) is 0 Å². The van der Waals surface area contributed by atoms with E-state index in [4.69, 9.17) is 0 Å². The molecule has 1 N–H and O–H groups in total. The highest BCUT2D eigenvalue weighted by Gasteiger charge is 2.32. The fourth-order valence-electron chi connectivity index (χ4n) is 2.41. The van der Waals surface area contributed by atoms with Crippen molar-refractivity contribution in [2.24, 2.45) is 0 Å². The maximum absolute atomic E-state index is 12.5. The van der Waals surface area contributed by atoms with Gasteiger partial charge in [0.15, 0.2) is 0 Å². The maximum Gasteiger partial charge on any atom is 0.352 e. The third kappa shape index (κ3) is 2.27. The van der Waals surface area contributed by atoms with Crippen LogP contribution in [0.5, 0.6) is 0 Å². The fourth-order valence-corrected chi connectivity index (χ4v) is 3.84. The quantitative estimate of drug-likeness (QED) is 0.853. The second-order valence-corrected chi connectivity index (χ2v) is 7.07. The number of carboxylic acids is 1. The molecule has 0 atom stereocenters. The van der Waals surface area contributed by atoms with Gasteiger partial charge in [-0.1, -0.05) is 12.2 Å². The van der Waals surface area contributed by atoms with Gasteiger partial charge < -0.3 is 9.67 Å². The first-order chi connectivity index (χ1) is 9.50. The number of nitrogens with zero attached hydrogens (tertiary/aromatic N) is 2. The number of carboxylic acid groups (broad SMARTS) is 1. The summed E-state index contributed by atoms with van der Waals surface area (Å²) < 4.78 is 28.0. The van der Waals surface area contributed by atoms with Gasteiger partial charge in [0.05, 0.1) is 0 Å². The Morgan fingerprint density at radius 1 is 1.30 bits per heavy atom. The van der Waals surface area contributed by atoms with Gasteiger partial charge in [-0.2, -0.15) is 4.31 Å². The largest absolute Gasteiger partial charge is 0.477 e. The Morgan fingerprint density at radius 2 is 2.05 bits per heavy atom. The van der Waals surface area contributed by atoms with Gasteiger partial charge in [-0.3, -0.25) is 0 Å². The van der Waals surface area contributed by atoms with E-state index in [0.717, 1.165) is 12.8 Å². The molecule has 1 aromatic rings. The Kier molecular flexibility index (Phi) is 3.18. The Balaban J connectivity index is 1.99. The van der Waals surface area contributed by atoms with Crippen LogP contribution in [-0.4, -0.2) is 41.5 Å². The van der Waals surface area contributed by atoms with E-state index in [9.17, 15) is 18.3 Å². The van der Waals surface area contributed by atoms with Crippen molar-refractivity contribution in [3.05, 3.63) is 30.1 Å². The molecule has 2 heterocycles. The molecule has 1 fully saturated rings.